The molecule has 2 aromatic carbocycles. The summed E-state index contributed by atoms with van der Waals surface area (Å²) in [5, 5.41) is 0. The van der Waals surface area contributed by atoms with Gasteiger partial charge in [-0.15, -0.1) is 0 Å². The van der Waals surface area contributed by atoms with E-state index in [9.17, 15) is 14.4 Å². The molecule has 3 rings (SSSR count). The predicted octanol–water partition coefficient (Wildman–Crippen LogP) is 1.17. The summed E-state index contributed by atoms with van der Waals surface area (Å²) in [5.41, 5.74) is 5.49. The molecule has 0 bridgehead atoms. The van der Waals surface area contributed by atoms with Gasteiger partial charge in [-0.2, -0.15) is 0 Å². The van der Waals surface area contributed by atoms with Crippen LogP contribution in [0.25, 0.3) is 0 Å². The molecular formula is C18H16N2O5. The van der Waals surface area contributed by atoms with E-state index in [2.05, 4.69) is 10.9 Å². The summed E-state index contributed by atoms with van der Waals surface area (Å²) in [5.74, 6) is -1.30. The minimum absolute atomic E-state index is 0.00459. The Morgan fingerprint density at radius 1 is 0.960 bits per heavy atom. The molecule has 0 aromatic heterocycles. The van der Waals surface area contributed by atoms with E-state index < -0.39 is 23.7 Å². The molecule has 0 fully saturated rings. The number of nitrogens with one attached hydrogen (secondary N) is 2. The first kappa shape index (κ1) is 16.5. The van der Waals surface area contributed by atoms with Gasteiger partial charge in [0.1, 0.15) is 6.61 Å². The van der Waals surface area contributed by atoms with Crippen molar-refractivity contribution in [3.63, 3.8) is 0 Å². The number of carbonyl (C=O) groups excluding carboxylic acids is 3. The van der Waals surface area contributed by atoms with Crippen LogP contribution in [0, 0.1) is 6.92 Å². The van der Waals surface area contributed by atoms with Crippen LogP contribution in [0.5, 0.6) is 11.5 Å². The van der Waals surface area contributed by atoms with Crippen molar-refractivity contribution in [3.05, 3.63) is 59.7 Å². The van der Waals surface area contributed by atoms with Crippen molar-refractivity contribution < 1.29 is 23.9 Å². The number of benzene rings is 2. The number of para-hydroxylation sites is 2. The first-order valence-electron chi connectivity index (χ1n) is 7.64. The quantitative estimate of drug-likeness (QED) is 0.497. The van der Waals surface area contributed by atoms with Crippen molar-refractivity contribution in [2.24, 2.45) is 0 Å². The van der Waals surface area contributed by atoms with Crippen LogP contribution in [-0.4, -0.2) is 30.3 Å². The number of Topliss-reactive ketones (excluding diaryl/α,β-unsaturated/α-hetero) is 1. The fourth-order valence-corrected chi connectivity index (χ4v) is 2.24. The Morgan fingerprint density at radius 3 is 2.36 bits per heavy atom. The lowest BCUT2D eigenvalue weighted by atomic mass is 10.1. The molecule has 1 aliphatic heterocycles. The summed E-state index contributed by atoms with van der Waals surface area (Å²) in [4.78, 5) is 35.9. The smallest absolute Gasteiger partial charge is 0.310 e. The maximum atomic E-state index is 12.1. The van der Waals surface area contributed by atoms with E-state index >= 15 is 0 Å². The molecular weight excluding hydrogens is 324 g/mol. The molecule has 0 spiro atoms. The first-order chi connectivity index (χ1) is 12.0. The molecule has 128 valence electrons. The number of aryl methyl sites for hydroxylation is 1. The summed E-state index contributed by atoms with van der Waals surface area (Å²) >= 11 is 0. The third kappa shape index (κ3) is 3.77. The molecule has 0 saturated carbocycles. The second kappa shape index (κ2) is 7.04. The number of amides is 2. The summed E-state index contributed by atoms with van der Waals surface area (Å²) in [6.07, 6.45) is -0.926. The molecule has 2 N–H and O–H groups in total. The van der Waals surface area contributed by atoms with Crippen LogP contribution >= 0.6 is 0 Å². The van der Waals surface area contributed by atoms with E-state index in [1.54, 1.807) is 48.5 Å². The average molecular weight is 340 g/mol. The average Bonchev–Trinajstić information content (AvgIpc) is 2.65. The highest BCUT2D eigenvalue weighted by Crippen LogP contribution is 2.30. The SMILES string of the molecule is Cc1ccc(C(=O)C(=O)NNC(=O)[C@H]2COc3ccccc3O2)cc1. The van der Waals surface area contributed by atoms with Crippen LogP contribution in [0.15, 0.2) is 48.5 Å². The number of hydrogen-bond acceptors (Lipinski definition) is 5. The van der Waals surface area contributed by atoms with E-state index in [1.165, 1.54) is 0 Å². The molecule has 0 unspecified atom stereocenters. The molecule has 0 radical (unpaired) electrons. The monoisotopic (exact) mass is 340 g/mol. The highest BCUT2D eigenvalue weighted by atomic mass is 16.6. The second-order valence-corrected chi connectivity index (χ2v) is 5.50. The lowest BCUT2D eigenvalue weighted by molar-refractivity contribution is -0.134. The van der Waals surface area contributed by atoms with Crippen LogP contribution in [-0.2, 0) is 9.59 Å². The lowest BCUT2D eigenvalue weighted by Crippen LogP contribution is -2.52. The van der Waals surface area contributed by atoms with E-state index in [0.717, 1.165) is 5.56 Å². The highest BCUT2D eigenvalue weighted by Gasteiger charge is 2.28. The topological polar surface area (TPSA) is 93.7 Å². The number of rotatable bonds is 3. The van der Waals surface area contributed by atoms with Gasteiger partial charge in [0.25, 0.3) is 11.7 Å². The zero-order chi connectivity index (χ0) is 17.8. The van der Waals surface area contributed by atoms with Gasteiger partial charge in [0.2, 0.25) is 6.10 Å². The largest absolute Gasteiger partial charge is 0.485 e. The first-order valence-corrected chi connectivity index (χ1v) is 7.64. The fourth-order valence-electron chi connectivity index (χ4n) is 2.24. The third-order valence-electron chi connectivity index (χ3n) is 3.62. The van der Waals surface area contributed by atoms with E-state index in [0.29, 0.717) is 11.5 Å². The number of carbonyl (C=O) groups is 3. The Bertz CT molecular complexity index is 816. The fraction of sp³-hybridized carbons (Fsp3) is 0.167. The van der Waals surface area contributed by atoms with Crippen molar-refractivity contribution in [1.82, 2.24) is 10.9 Å². The van der Waals surface area contributed by atoms with Gasteiger partial charge >= 0.3 is 5.91 Å². The highest BCUT2D eigenvalue weighted by molar-refractivity contribution is 6.42. The van der Waals surface area contributed by atoms with Gasteiger partial charge in [0, 0.05) is 5.56 Å². The minimum Gasteiger partial charge on any atom is -0.485 e. The molecule has 0 aliphatic carbocycles. The van der Waals surface area contributed by atoms with Crippen molar-refractivity contribution in [3.8, 4) is 11.5 Å². The summed E-state index contributed by atoms with van der Waals surface area (Å²) < 4.78 is 10.9. The van der Waals surface area contributed by atoms with E-state index in [1.807, 2.05) is 6.92 Å². The van der Waals surface area contributed by atoms with Crippen molar-refractivity contribution in [2.75, 3.05) is 6.61 Å². The molecule has 1 heterocycles. The maximum absolute atomic E-state index is 12.1. The predicted molar refractivity (Wildman–Crippen MR) is 88.1 cm³/mol. The standard InChI is InChI=1S/C18H16N2O5/c1-11-6-8-12(9-7-11)16(21)18(23)20-19-17(22)15-10-24-13-4-2-3-5-14(13)25-15/h2-9,15H,10H2,1H3,(H,19,22)(H,20,23)/t15-/m1/s1. The summed E-state index contributed by atoms with van der Waals surface area (Å²) in [7, 11) is 0. The Hall–Kier alpha value is -3.35. The van der Waals surface area contributed by atoms with Gasteiger partial charge in [-0.25, -0.2) is 0 Å². The molecule has 25 heavy (non-hydrogen) atoms. The minimum atomic E-state index is -0.936. The molecule has 0 saturated heterocycles. The molecule has 7 heteroatoms. The van der Waals surface area contributed by atoms with Crippen molar-refractivity contribution in [2.45, 2.75) is 13.0 Å². The summed E-state index contributed by atoms with van der Waals surface area (Å²) in [6.45, 7) is 1.88. The Morgan fingerprint density at radius 2 is 1.64 bits per heavy atom. The summed E-state index contributed by atoms with van der Waals surface area (Å²) in [6, 6.07) is 13.5. The molecule has 2 amide bonds. The molecule has 2 aromatic rings. The van der Waals surface area contributed by atoms with E-state index in [4.69, 9.17) is 9.47 Å². The van der Waals surface area contributed by atoms with Gasteiger partial charge in [-0.3, -0.25) is 25.2 Å². The second-order valence-electron chi connectivity index (χ2n) is 5.50. The Labute approximate surface area is 143 Å². The number of fused-ring (bicyclic) bond motifs is 1. The van der Waals surface area contributed by atoms with Gasteiger partial charge in [-0.1, -0.05) is 42.0 Å². The van der Waals surface area contributed by atoms with Crippen LogP contribution in [0.2, 0.25) is 0 Å². The normalized spacial score (nSPS) is 15.2. The van der Waals surface area contributed by atoms with Crippen molar-refractivity contribution >= 4 is 17.6 Å². The third-order valence-corrected chi connectivity index (χ3v) is 3.62. The zero-order valence-corrected chi connectivity index (χ0v) is 13.4. The van der Waals surface area contributed by atoms with Gasteiger partial charge in [0.05, 0.1) is 0 Å². The molecule has 1 aliphatic rings. The van der Waals surface area contributed by atoms with Crippen LogP contribution < -0.4 is 20.3 Å². The van der Waals surface area contributed by atoms with E-state index in [-0.39, 0.29) is 12.2 Å². The number of ether oxygens (including phenoxy) is 2. The number of hydrogen-bond donors (Lipinski definition) is 2. The van der Waals surface area contributed by atoms with Gasteiger partial charge < -0.3 is 9.47 Å². The molecule has 7 nitrogen and oxygen atoms in total. The molecule has 1 atom stereocenters. The van der Waals surface area contributed by atoms with Gasteiger partial charge in [-0.05, 0) is 19.1 Å². The zero-order valence-electron chi connectivity index (χ0n) is 13.4. The Balaban J connectivity index is 1.55. The van der Waals surface area contributed by atoms with Crippen LogP contribution in [0.4, 0.5) is 0 Å². The lowest BCUT2D eigenvalue weighted by Gasteiger charge is -2.25. The van der Waals surface area contributed by atoms with Crippen molar-refractivity contribution in [1.29, 1.82) is 0 Å². The Kier molecular flexibility index (Phi) is 4.65. The maximum Gasteiger partial charge on any atom is 0.310 e. The number of hydrazine groups is 1. The van der Waals surface area contributed by atoms with Gasteiger partial charge in [0.15, 0.2) is 11.5 Å². The van der Waals surface area contributed by atoms with Crippen LogP contribution in [0.3, 0.4) is 0 Å². The van der Waals surface area contributed by atoms with Crippen LogP contribution in [0.1, 0.15) is 15.9 Å². The number of ketones is 1.